The minimum absolute atomic E-state index is 0.0165. The number of amides is 3. The Balaban J connectivity index is 1.62. The van der Waals surface area contributed by atoms with Gasteiger partial charge in [0.1, 0.15) is 12.3 Å². The Bertz CT molecular complexity index is 749. The molecule has 1 heterocycles. The zero-order valence-corrected chi connectivity index (χ0v) is 14.1. The number of urea groups is 1. The first kappa shape index (κ1) is 16.8. The van der Waals surface area contributed by atoms with Crippen molar-refractivity contribution in [2.45, 2.75) is 6.92 Å². The topological polar surface area (TPSA) is 61.9 Å². The summed E-state index contributed by atoms with van der Waals surface area (Å²) in [5, 5.41) is 2.82. The zero-order chi connectivity index (χ0) is 17.6. The Hall–Kier alpha value is -3.02. The van der Waals surface area contributed by atoms with Crippen LogP contribution in [0.2, 0.25) is 0 Å². The van der Waals surface area contributed by atoms with Crippen molar-refractivity contribution in [3.63, 3.8) is 0 Å². The normalized spacial score (nSPS) is 13.9. The van der Waals surface area contributed by atoms with E-state index in [0.29, 0.717) is 31.1 Å². The molecule has 6 nitrogen and oxygen atoms in total. The summed E-state index contributed by atoms with van der Waals surface area (Å²) >= 11 is 0. The average Bonchev–Trinajstić information content (AvgIpc) is 2.98. The van der Waals surface area contributed by atoms with Crippen molar-refractivity contribution in [1.82, 2.24) is 4.90 Å². The van der Waals surface area contributed by atoms with E-state index in [0.717, 1.165) is 5.69 Å². The standard InChI is InChI=1S/C19H21N3O3/c1-2-25-17-11-7-6-10-16(17)20-18(23)14-21-12-13-22(19(21)24)15-8-4-3-5-9-15/h3-11H,2,12-14H2,1H3,(H,20,23). The van der Waals surface area contributed by atoms with Crippen LogP contribution in [0.15, 0.2) is 54.6 Å². The molecule has 1 aliphatic heterocycles. The molecule has 3 rings (SSSR count). The van der Waals surface area contributed by atoms with Gasteiger partial charge in [0.05, 0.1) is 12.3 Å². The van der Waals surface area contributed by atoms with Gasteiger partial charge in [0, 0.05) is 18.8 Å². The SMILES string of the molecule is CCOc1ccccc1NC(=O)CN1CCN(c2ccccc2)C1=O. The fraction of sp³-hybridized carbons (Fsp3) is 0.263. The number of rotatable bonds is 6. The summed E-state index contributed by atoms with van der Waals surface area (Å²) in [5.74, 6) is 0.382. The van der Waals surface area contributed by atoms with Gasteiger partial charge in [0.25, 0.3) is 0 Å². The second kappa shape index (κ2) is 7.70. The third-order valence-corrected chi connectivity index (χ3v) is 3.96. The van der Waals surface area contributed by atoms with Crippen molar-refractivity contribution in [1.29, 1.82) is 0 Å². The van der Waals surface area contributed by atoms with Gasteiger partial charge in [-0.15, -0.1) is 0 Å². The molecule has 3 amide bonds. The number of nitrogens with zero attached hydrogens (tertiary/aromatic N) is 2. The first-order valence-electron chi connectivity index (χ1n) is 8.32. The summed E-state index contributed by atoms with van der Waals surface area (Å²) in [6, 6.07) is 16.6. The van der Waals surface area contributed by atoms with Gasteiger partial charge in [-0.1, -0.05) is 30.3 Å². The number of benzene rings is 2. The summed E-state index contributed by atoms with van der Waals surface area (Å²) < 4.78 is 5.50. The van der Waals surface area contributed by atoms with Gasteiger partial charge in [-0.2, -0.15) is 0 Å². The Morgan fingerprint density at radius 2 is 1.80 bits per heavy atom. The summed E-state index contributed by atoms with van der Waals surface area (Å²) in [6.07, 6.45) is 0. The van der Waals surface area contributed by atoms with Gasteiger partial charge in [-0.05, 0) is 31.2 Å². The van der Waals surface area contributed by atoms with Crippen molar-refractivity contribution < 1.29 is 14.3 Å². The lowest BCUT2D eigenvalue weighted by molar-refractivity contribution is -0.116. The highest BCUT2D eigenvalue weighted by Gasteiger charge is 2.30. The van der Waals surface area contributed by atoms with Crippen molar-refractivity contribution in [2.75, 3.05) is 36.5 Å². The lowest BCUT2D eigenvalue weighted by atomic mass is 10.3. The van der Waals surface area contributed by atoms with Crippen LogP contribution in [0, 0.1) is 0 Å². The van der Waals surface area contributed by atoms with Crippen LogP contribution in [0.3, 0.4) is 0 Å². The highest BCUT2D eigenvalue weighted by atomic mass is 16.5. The molecule has 0 atom stereocenters. The molecule has 0 bridgehead atoms. The van der Waals surface area contributed by atoms with E-state index < -0.39 is 0 Å². The van der Waals surface area contributed by atoms with Crippen LogP contribution in [-0.2, 0) is 4.79 Å². The second-order valence-electron chi connectivity index (χ2n) is 5.67. The molecule has 1 saturated heterocycles. The second-order valence-corrected chi connectivity index (χ2v) is 5.67. The number of carbonyl (C=O) groups excluding carboxylic acids is 2. The fourth-order valence-electron chi connectivity index (χ4n) is 2.79. The van der Waals surface area contributed by atoms with Crippen molar-refractivity contribution in [2.24, 2.45) is 0 Å². The molecule has 1 fully saturated rings. The van der Waals surface area contributed by atoms with Crippen LogP contribution in [0.4, 0.5) is 16.2 Å². The highest BCUT2D eigenvalue weighted by molar-refractivity contribution is 5.99. The molecule has 0 radical (unpaired) electrons. The molecule has 25 heavy (non-hydrogen) atoms. The smallest absolute Gasteiger partial charge is 0.325 e. The van der Waals surface area contributed by atoms with E-state index in [1.165, 1.54) is 0 Å². The zero-order valence-electron chi connectivity index (χ0n) is 14.1. The van der Waals surface area contributed by atoms with E-state index in [2.05, 4.69) is 5.32 Å². The number of carbonyl (C=O) groups is 2. The minimum atomic E-state index is -0.240. The molecule has 130 valence electrons. The van der Waals surface area contributed by atoms with Gasteiger partial charge in [0.2, 0.25) is 5.91 Å². The number of hydrogen-bond acceptors (Lipinski definition) is 3. The minimum Gasteiger partial charge on any atom is -0.492 e. The molecular weight excluding hydrogens is 318 g/mol. The molecule has 0 aliphatic carbocycles. The van der Waals surface area contributed by atoms with Crippen LogP contribution in [-0.4, -0.2) is 43.1 Å². The van der Waals surface area contributed by atoms with Crippen LogP contribution >= 0.6 is 0 Å². The van der Waals surface area contributed by atoms with E-state index >= 15 is 0 Å². The predicted octanol–water partition coefficient (Wildman–Crippen LogP) is 2.97. The van der Waals surface area contributed by atoms with E-state index in [-0.39, 0.29) is 18.5 Å². The van der Waals surface area contributed by atoms with E-state index in [1.807, 2.05) is 49.4 Å². The van der Waals surface area contributed by atoms with Gasteiger partial charge in [-0.25, -0.2) is 4.79 Å². The van der Waals surface area contributed by atoms with E-state index in [1.54, 1.807) is 21.9 Å². The van der Waals surface area contributed by atoms with Gasteiger partial charge in [0.15, 0.2) is 0 Å². The molecule has 1 N–H and O–H groups in total. The van der Waals surface area contributed by atoms with Gasteiger partial charge in [-0.3, -0.25) is 9.69 Å². The molecule has 2 aromatic carbocycles. The van der Waals surface area contributed by atoms with Crippen molar-refractivity contribution in [3.8, 4) is 5.75 Å². The van der Waals surface area contributed by atoms with Gasteiger partial charge < -0.3 is 15.0 Å². The molecule has 0 unspecified atom stereocenters. The maximum atomic E-state index is 12.5. The quantitative estimate of drug-likeness (QED) is 0.880. The van der Waals surface area contributed by atoms with E-state index in [9.17, 15) is 9.59 Å². The summed E-state index contributed by atoms with van der Waals surface area (Å²) in [6.45, 7) is 3.52. The lowest BCUT2D eigenvalue weighted by Gasteiger charge is -2.19. The van der Waals surface area contributed by atoms with Crippen molar-refractivity contribution >= 4 is 23.3 Å². The molecule has 2 aromatic rings. The Labute approximate surface area is 147 Å². The maximum Gasteiger partial charge on any atom is 0.325 e. The van der Waals surface area contributed by atoms with Crippen LogP contribution in [0.5, 0.6) is 5.75 Å². The predicted molar refractivity (Wildman–Crippen MR) is 97.0 cm³/mol. The van der Waals surface area contributed by atoms with E-state index in [4.69, 9.17) is 4.74 Å². The number of para-hydroxylation sites is 3. The van der Waals surface area contributed by atoms with Crippen LogP contribution in [0.1, 0.15) is 6.92 Å². The first-order valence-corrected chi connectivity index (χ1v) is 8.32. The van der Waals surface area contributed by atoms with Crippen LogP contribution < -0.4 is 15.0 Å². The molecule has 0 aromatic heterocycles. The summed E-state index contributed by atoms with van der Waals surface area (Å²) in [5.41, 5.74) is 1.46. The highest BCUT2D eigenvalue weighted by Crippen LogP contribution is 2.24. The van der Waals surface area contributed by atoms with Crippen LogP contribution in [0.25, 0.3) is 0 Å². The average molecular weight is 339 g/mol. The van der Waals surface area contributed by atoms with Gasteiger partial charge >= 0.3 is 6.03 Å². The number of ether oxygens (including phenoxy) is 1. The third kappa shape index (κ3) is 3.91. The number of anilines is 2. The molecule has 1 aliphatic rings. The lowest BCUT2D eigenvalue weighted by Crippen LogP contribution is -2.37. The van der Waals surface area contributed by atoms with Crippen molar-refractivity contribution in [3.05, 3.63) is 54.6 Å². The largest absolute Gasteiger partial charge is 0.492 e. The Morgan fingerprint density at radius 1 is 1.08 bits per heavy atom. The molecule has 0 spiro atoms. The monoisotopic (exact) mass is 339 g/mol. The number of nitrogens with one attached hydrogen (secondary N) is 1. The summed E-state index contributed by atoms with van der Waals surface area (Å²) in [7, 11) is 0. The fourth-order valence-corrected chi connectivity index (χ4v) is 2.79. The molecule has 0 saturated carbocycles. The Kier molecular flexibility index (Phi) is 5.18. The molecular formula is C19H21N3O3. The third-order valence-electron chi connectivity index (χ3n) is 3.96. The number of hydrogen-bond donors (Lipinski definition) is 1. The first-order chi connectivity index (χ1) is 12.2. The molecule has 6 heteroatoms. The summed E-state index contributed by atoms with van der Waals surface area (Å²) in [4.78, 5) is 28.1. The Morgan fingerprint density at radius 3 is 2.56 bits per heavy atom. The maximum absolute atomic E-state index is 12.5.